The van der Waals surface area contributed by atoms with Crippen LogP contribution in [0.1, 0.15) is 58.3 Å². The van der Waals surface area contributed by atoms with E-state index in [2.05, 4.69) is 6.92 Å². The molecule has 0 fully saturated rings. The number of carboxylic acids is 1. The molecule has 0 amide bonds. The second kappa shape index (κ2) is 11.6. The third kappa shape index (κ3) is 8.06. The van der Waals surface area contributed by atoms with Crippen LogP contribution in [-0.2, 0) is 9.59 Å². The van der Waals surface area contributed by atoms with Gasteiger partial charge in [-0.15, -0.1) is 0 Å². The Hall–Kier alpha value is -1.94. The zero-order valence-corrected chi connectivity index (χ0v) is 14.4. The van der Waals surface area contributed by atoms with E-state index >= 15 is 0 Å². The van der Waals surface area contributed by atoms with Gasteiger partial charge in [0.1, 0.15) is 0 Å². The van der Waals surface area contributed by atoms with E-state index in [4.69, 9.17) is 5.11 Å². The number of ketones is 1. The summed E-state index contributed by atoms with van der Waals surface area (Å²) in [6.07, 6.45) is 15.9. The number of hydrogen-bond acceptors (Lipinski definition) is 3. The Bertz CT molecular complexity index is 538. The van der Waals surface area contributed by atoms with Crippen molar-refractivity contribution in [3.63, 3.8) is 0 Å². The molecule has 0 aromatic carbocycles. The predicted octanol–water partition coefficient (Wildman–Crippen LogP) is 4.12. The number of aliphatic hydroxyl groups is 1. The minimum Gasteiger partial charge on any atom is -0.481 e. The highest BCUT2D eigenvalue weighted by atomic mass is 16.4. The molecule has 1 rings (SSSR count). The molecule has 132 valence electrons. The minimum atomic E-state index is -0.781. The minimum absolute atomic E-state index is 0.171. The average Bonchev–Trinajstić information content (AvgIpc) is 2.89. The predicted molar refractivity (Wildman–Crippen MR) is 95.7 cm³/mol. The number of allylic oxidation sites excluding steroid dienone is 6. The molecular formula is C20H28O4. The van der Waals surface area contributed by atoms with Gasteiger partial charge in [0.05, 0.1) is 6.10 Å². The molecule has 0 unspecified atom stereocenters. The number of unbranched alkanes of at least 4 members (excludes halogenated alkanes) is 1. The summed E-state index contributed by atoms with van der Waals surface area (Å²) in [4.78, 5) is 22.4. The first-order valence-corrected chi connectivity index (χ1v) is 8.67. The number of Topliss-reactive ketones (excluding diaryl/α,β-unsaturated/α-hetero) is 1. The summed E-state index contributed by atoms with van der Waals surface area (Å²) in [5.74, 6) is -0.609. The van der Waals surface area contributed by atoms with Crippen LogP contribution in [0.3, 0.4) is 0 Å². The molecule has 0 saturated heterocycles. The van der Waals surface area contributed by atoms with Crippen LogP contribution in [0, 0.1) is 0 Å². The van der Waals surface area contributed by atoms with Gasteiger partial charge in [0.2, 0.25) is 0 Å². The van der Waals surface area contributed by atoms with Gasteiger partial charge in [0.15, 0.2) is 5.78 Å². The van der Waals surface area contributed by atoms with Gasteiger partial charge in [-0.1, -0.05) is 43.4 Å². The normalized spacial score (nSPS) is 17.0. The van der Waals surface area contributed by atoms with Gasteiger partial charge in [-0.05, 0) is 44.1 Å². The lowest BCUT2D eigenvalue weighted by molar-refractivity contribution is -0.137. The highest BCUT2D eigenvalue weighted by Gasteiger charge is 2.20. The Morgan fingerprint density at radius 1 is 1.21 bits per heavy atom. The van der Waals surface area contributed by atoms with Crippen LogP contribution < -0.4 is 0 Å². The van der Waals surface area contributed by atoms with Gasteiger partial charge in [-0.3, -0.25) is 9.59 Å². The van der Waals surface area contributed by atoms with E-state index in [1.54, 1.807) is 6.08 Å². The maximum Gasteiger partial charge on any atom is 0.303 e. The van der Waals surface area contributed by atoms with Gasteiger partial charge in [-0.25, -0.2) is 0 Å². The van der Waals surface area contributed by atoms with Crippen LogP contribution in [0.2, 0.25) is 0 Å². The molecule has 0 bridgehead atoms. The van der Waals surface area contributed by atoms with E-state index in [1.807, 2.05) is 30.4 Å². The number of carbonyl (C=O) groups is 2. The Labute approximate surface area is 144 Å². The van der Waals surface area contributed by atoms with E-state index in [9.17, 15) is 14.7 Å². The number of carboxylic acid groups (broad SMARTS) is 1. The second-order valence-electron chi connectivity index (χ2n) is 5.93. The number of aliphatic carboxylic acids is 1. The molecule has 0 saturated carbocycles. The number of rotatable bonds is 11. The third-order valence-electron chi connectivity index (χ3n) is 3.90. The second-order valence-corrected chi connectivity index (χ2v) is 5.93. The third-order valence-corrected chi connectivity index (χ3v) is 3.90. The summed E-state index contributed by atoms with van der Waals surface area (Å²) < 4.78 is 0. The van der Waals surface area contributed by atoms with Gasteiger partial charge in [0.25, 0.3) is 0 Å². The van der Waals surface area contributed by atoms with Gasteiger partial charge in [0, 0.05) is 18.4 Å². The van der Waals surface area contributed by atoms with Crippen LogP contribution in [0.25, 0.3) is 0 Å². The highest BCUT2D eigenvalue weighted by molar-refractivity contribution is 5.99. The molecule has 2 N–H and O–H groups in total. The van der Waals surface area contributed by atoms with Crippen molar-refractivity contribution in [3.8, 4) is 0 Å². The molecule has 4 heteroatoms. The molecule has 0 heterocycles. The Kier molecular flexibility index (Phi) is 9.70. The topological polar surface area (TPSA) is 74.6 Å². The van der Waals surface area contributed by atoms with Crippen molar-refractivity contribution in [1.29, 1.82) is 0 Å². The van der Waals surface area contributed by atoms with E-state index in [-0.39, 0.29) is 12.2 Å². The molecule has 4 nitrogen and oxygen atoms in total. The van der Waals surface area contributed by atoms with Crippen LogP contribution in [0.4, 0.5) is 0 Å². The fourth-order valence-corrected chi connectivity index (χ4v) is 2.56. The summed E-state index contributed by atoms with van der Waals surface area (Å²) in [7, 11) is 0. The standard InChI is InChI=1S/C20H28O4/c1-2-3-6-9-17(21)14-12-16-13-15-19(22)18(16)10-7-4-5-8-11-20(23)24/h3-4,6-7,12,14,17,21H,2,5,8-11,13,15H2,1H3,(H,23,24)/b6-3-,7-4-,14-12+/t17-/m0/s1. The largest absolute Gasteiger partial charge is 0.481 e. The molecule has 1 aliphatic rings. The zero-order valence-electron chi connectivity index (χ0n) is 14.4. The zero-order chi connectivity index (χ0) is 17.8. The molecular weight excluding hydrogens is 304 g/mol. The molecule has 0 spiro atoms. The van der Waals surface area contributed by atoms with Crippen molar-refractivity contribution in [3.05, 3.63) is 47.6 Å². The first-order valence-electron chi connectivity index (χ1n) is 8.67. The van der Waals surface area contributed by atoms with Gasteiger partial charge >= 0.3 is 5.97 Å². The molecule has 0 aromatic rings. The van der Waals surface area contributed by atoms with Crippen LogP contribution in [0.5, 0.6) is 0 Å². The fraction of sp³-hybridized carbons (Fsp3) is 0.500. The lowest BCUT2D eigenvalue weighted by atomic mass is 10.1. The van der Waals surface area contributed by atoms with E-state index in [0.29, 0.717) is 32.1 Å². The summed E-state index contributed by atoms with van der Waals surface area (Å²) in [5, 5.41) is 18.5. The molecule has 0 radical (unpaired) electrons. The first-order chi connectivity index (χ1) is 11.5. The van der Waals surface area contributed by atoms with Gasteiger partial charge < -0.3 is 10.2 Å². The lowest BCUT2D eigenvalue weighted by Gasteiger charge is -2.02. The summed E-state index contributed by atoms with van der Waals surface area (Å²) in [5.41, 5.74) is 1.82. The van der Waals surface area contributed by atoms with Crippen molar-refractivity contribution in [1.82, 2.24) is 0 Å². The summed E-state index contributed by atoms with van der Waals surface area (Å²) >= 11 is 0. The van der Waals surface area contributed by atoms with Crippen molar-refractivity contribution in [2.75, 3.05) is 0 Å². The lowest BCUT2D eigenvalue weighted by Crippen LogP contribution is -2.00. The fourth-order valence-electron chi connectivity index (χ4n) is 2.56. The Balaban J connectivity index is 2.53. The SMILES string of the molecule is CC/C=C\C[C@H](O)/C=C/C1=C(C/C=C\CCCC(=O)O)C(=O)CC1. The maximum atomic E-state index is 12.0. The molecule has 0 aliphatic heterocycles. The van der Waals surface area contributed by atoms with Gasteiger partial charge in [-0.2, -0.15) is 0 Å². The molecule has 0 aromatic heterocycles. The summed E-state index contributed by atoms with van der Waals surface area (Å²) in [6, 6.07) is 0. The maximum absolute atomic E-state index is 12.0. The van der Waals surface area contributed by atoms with E-state index in [1.165, 1.54) is 0 Å². The Morgan fingerprint density at radius 3 is 2.71 bits per heavy atom. The van der Waals surface area contributed by atoms with Crippen LogP contribution >= 0.6 is 0 Å². The molecule has 1 atom stereocenters. The number of aliphatic hydroxyl groups excluding tert-OH is 1. The average molecular weight is 332 g/mol. The van der Waals surface area contributed by atoms with Crippen molar-refractivity contribution >= 4 is 11.8 Å². The van der Waals surface area contributed by atoms with E-state index < -0.39 is 12.1 Å². The molecule has 24 heavy (non-hydrogen) atoms. The first kappa shape index (κ1) is 20.1. The smallest absolute Gasteiger partial charge is 0.303 e. The van der Waals surface area contributed by atoms with Crippen molar-refractivity contribution < 1.29 is 19.8 Å². The number of hydrogen-bond donors (Lipinski definition) is 2. The monoisotopic (exact) mass is 332 g/mol. The highest BCUT2D eigenvalue weighted by Crippen LogP contribution is 2.27. The summed E-state index contributed by atoms with van der Waals surface area (Å²) in [6.45, 7) is 2.05. The Morgan fingerprint density at radius 2 is 2.00 bits per heavy atom. The quantitative estimate of drug-likeness (QED) is 0.441. The van der Waals surface area contributed by atoms with Crippen molar-refractivity contribution in [2.45, 2.75) is 64.4 Å². The van der Waals surface area contributed by atoms with E-state index in [0.717, 1.165) is 24.0 Å². The van der Waals surface area contributed by atoms with Crippen LogP contribution in [0.15, 0.2) is 47.6 Å². The molecule has 1 aliphatic carbocycles. The number of carbonyl (C=O) groups excluding carboxylic acids is 1. The van der Waals surface area contributed by atoms with Crippen LogP contribution in [-0.4, -0.2) is 28.1 Å². The van der Waals surface area contributed by atoms with Crippen molar-refractivity contribution in [2.24, 2.45) is 0 Å².